The molecular weight excluding hydrogens is 394 g/mol. The summed E-state index contributed by atoms with van der Waals surface area (Å²) in [6.07, 6.45) is 8.30. The molecule has 0 aliphatic heterocycles. The van der Waals surface area contributed by atoms with Crippen LogP contribution in [0.1, 0.15) is 11.1 Å². The van der Waals surface area contributed by atoms with Gasteiger partial charge in [0.1, 0.15) is 13.2 Å². The summed E-state index contributed by atoms with van der Waals surface area (Å²) in [7, 11) is 5.40. The van der Waals surface area contributed by atoms with Crippen molar-refractivity contribution in [3.05, 3.63) is 53.6 Å². The molecule has 0 fully saturated rings. The highest BCUT2D eigenvalue weighted by atomic mass is 16.5. The van der Waals surface area contributed by atoms with Gasteiger partial charge < -0.3 is 24.4 Å². The van der Waals surface area contributed by atoms with Crippen molar-refractivity contribution in [1.82, 2.24) is 4.90 Å². The number of carbonyl (C=O) groups excluding carboxylic acids is 1. The van der Waals surface area contributed by atoms with E-state index < -0.39 is 0 Å². The fraction of sp³-hybridized carbons (Fsp3) is 0.250. The van der Waals surface area contributed by atoms with E-state index >= 15 is 0 Å². The van der Waals surface area contributed by atoms with Crippen LogP contribution >= 0.6 is 0 Å². The standard InChI is InChI=1S/C24H25N3O4/c1-5-14-30-21-11-9-19(23(24(21)29-4)31-15-13-27(2)3)10-12-22(28)26-20-8-6-7-18(16-20)17-25/h1,6-12,16H,13-15H2,2-4H3,(H,26,28)/b12-10+. The largest absolute Gasteiger partial charge is 0.490 e. The summed E-state index contributed by atoms with van der Waals surface area (Å²) in [5, 5.41) is 11.7. The number of amides is 1. The fourth-order valence-electron chi connectivity index (χ4n) is 2.61. The van der Waals surface area contributed by atoms with E-state index in [4.69, 9.17) is 25.9 Å². The Morgan fingerprint density at radius 2 is 2.03 bits per heavy atom. The molecule has 0 bridgehead atoms. The first kappa shape index (κ1) is 23.3. The number of nitrogens with zero attached hydrogens (tertiary/aromatic N) is 2. The molecule has 2 aromatic rings. The first-order valence-corrected chi connectivity index (χ1v) is 9.52. The summed E-state index contributed by atoms with van der Waals surface area (Å²) in [6, 6.07) is 12.2. The smallest absolute Gasteiger partial charge is 0.248 e. The monoisotopic (exact) mass is 419 g/mol. The molecule has 0 heterocycles. The van der Waals surface area contributed by atoms with Crippen molar-refractivity contribution in [3.8, 4) is 35.7 Å². The maximum Gasteiger partial charge on any atom is 0.248 e. The van der Waals surface area contributed by atoms with Gasteiger partial charge in [0.15, 0.2) is 11.5 Å². The molecular formula is C24H25N3O4. The van der Waals surface area contributed by atoms with Crippen molar-refractivity contribution in [3.63, 3.8) is 0 Å². The molecule has 0 aliphatic carbocycles. The van der Waals surface area contributed by atoms with E-state index in [2.05, 4.69) is 11.2 Å². The van der Waals surface area contributed by atoms with Crippen LogP contribution in [0.25, 0.3) is 6.08 Å². The first-order chi connectivity index (χ1) is 15.0. The lowest BCUT2D eigenvalue weighted by Gasteiger charge is -2.18. The number of hydrogen-bond acceptors (Lipinski definition) is 6. The Bertz CT molecular complexity index is 1020. The Morgan fingerprint density at radius 1 is 1.23 bits per heavy atom. The highest BCUT2D eigenvalue weighted by molar-refractivity contribution is 6.02. The number of rotatable bonds is 10. The molecule has 0 saturated heterocycles. The lowest BCUT2D eigenvalue weighted by molar-refractivity contribution is -0.111. The van der Waals surface area contributed by atoms with Gasteiger partial charge in [-0.25, -0.2) is 0 Å². The van der Waals surface area contributed by atoms with Gasteiger partial charge in [-0.15, -0.1) is 6.42 Å². The zero-order chi connectivity index (χ0) is 22.6. The summed E-state index contributed by atoms with van der Waals surface area (Å²) in [4.78, 5) is 14.3. The van der Waals surface area contributed by atoms with E-state index in [1.54, 1.807) is 42.5 Å². The van der Waals surface area contributed by atoms with Crippen LogP contribution in [0.5, 0.6) is 17.2 Å². The second kappa shape index (κ2) is 11.9. The Hall–Kier alpha value is -3.94. The third-order valence-corrected chi connectivity index (χ3v) is 4.08. The molecule has 2 aromatic carbocycles. The van der Waals surface area contributed by atoms with E-state index in [0.29, 0.717) is 47.2 Å². The maximum atomic E-state index is 12.4. The third-order valence-electron chi connectivity index (χ3n) is 4.08. The van der Waals surface area contributed by atoms with E-state index in [-0.39, 0.29) is 12.5 Å². The number of nitriles is 1. The predicted octanol–water partition coefficient (Wildman–Crippen LogP) is 3.17. The molecule has 2 rings (SSSR count). The highest BCUT2D eigenvalue weighted by Gasteiger charge is 2.16. The molecule has 1 N–H and O–H groups in total. The van der Waals surface area contributed by atoms with Crippen molar-refractivity contribution < 1.29 is 19.0 Å². The fourth-order valence-corrected chi connectivity index (χ4v) is 2.61. The summed E-state index contributed by atoms with van der Waals surface area (Å²) in [5.74, 6) is 3.38. The first-order valence-electron chi connectivity index (χ1n) is 9.52. The second-order valence-corrected chi connectivity index (χ2v) is 6.68. The maximum absolute atomic E-state index is 12.4. The van der Waals surface area contributed by atoms with Crippen LogP contribution in [0.4, 0.5) is 5.69 Å². The molecule has 7 nitrogen and oxygen atoms in total. The molecule has 0 radical (unpaired) electrons. The van der Waals surface area contributed by atoms with Crippen molar-refractivity contribution in [2.45, 2.75) is 0 Å². The SMILES string of the molecule is C#CCOc1ccc(/C=C/C(=O)Nc2cccc(C#N)c2)c(OCCN(C)C)c1OC. The molecule has 0 saturated carbocycles. The van der Waals surface area contributed by atoms with Gasteiger partial charge >= 0.3 is 0 Å². The van der Waals surface area contributed by atoms with Crippen LogP contribution in [-0.2, 0) is 4.79 Å². The number of hydrogen-bond donors (Lipinski definition) is 1. The lowest BCUT2D eigenvalue weighted by atomic mass is 10.1. The Kier molecular flexibility index (Phi) is 8.97. The van der Waals surface area contributed by atoms with Crippen LogP contribution in [0.2, 0.25) is 0 Å². The normalized spacial score (nSPS) is 10.4. The molecule has 0 aliphatic rings. The summed E-state index contributed by atoms with van der Waals surface area (Å²) >= 11 is 0. The molecule has 31 heavy (non-hydrogen) atoms. The number of likely N-dealkylation sites (N-methyl/N-ethyl adjacent to an activating group) is 1. The topological polar surface area (TPSA) is 83.8 Å². The lowest BCUT2D eigenvalue weighted by Crippen LogP contribution is -2.20. The van der Waals surface area contributed by atoms with Crippen LogP contribution in [0.15, 0.2) is 42.5 Å². The zero-order valence-electron chi connectivity index (χ0n) is 17.8. The van der Waals surface area contributed by atoms with Gasteiger partial charge in [-0.3, -0.25) is 4.79 Å². The Balaban J connectivity index is 2.26. The number of terminal acetylenes is 1. The van der Waals surface area contributed by atoms with Gasteiger partial charge in [0.05, 0.1) is 18.7 Å². The molecule has 7 heteroatoms. The van der Waals surface area contributed by atoms with Crippen LogP contribution in [-0.4, -0.2) is 51.8 Å². The Labute approximate surface area is 182 Å². The van der Waals surface area contributed by atoms with Gasteiger partial charge in [0.25, 0.3) is 0 Å². The minimum Gasteiger partial charge on any atom is -0.490 e. The van der Waals surface area contributed by atoms with Crippen LogP contribution < -0.4 is 19.5 Å². The van der Waals surface area contributed by atoms with E-state index in [0.717, 1.165) is 0 Å². The third kappa shape index (κ3) is 7.11. The molecule has 1 amide bonds. The van der Waals surface area contributed by atoms with Crippen molar-refractivity contribution >= 4 is 17.7 Å². The van der Waals surface area contributed by atoms with Crippen molar-refractivity contribution in [2.24, 2.45) is 0 Å². The predicted molar refractivity (Wildman–Crippen MR) is 120 cm³/mol. The van der Waals surface area contributed by atoms with Crippen molar-refractivity contribution in [1.29, 1.82) is 5.26 Å². The van der Waals surface area contributed by atoms with Gasteiger partial charge in [-0.05, 0) is 50.5 Å². The Morgan fingerprint density at radius 3 is 2.71 bits per heavy atom. The van der Waals surface area contributed by atoms with Gasteiger partial charge in [-0.2, -0.15) is 5.26 Å². The number of nitrogens with one attached hydrogen (secondary N) is 1. The molecule has 160 valence electrons. The average molecular weight is 419 g/mol. The summed E-state index contributed by atoms with van der Waals surface area (Å²) in [5.41, 5.74) is 1.64. The van der Waals surface area contributed by atoms with Gasteiger partial charge in [-0.1, -0.05) is 12.0 Å². The van der Waals surface area contributed by atoms with E-state index in [9.17, 15) is 4.79 Å². The summed E-state index contributed by atoms with van der Waals surface area (Å²) < 4.78 is 17.0. The zero-order valence-corrected chi connectivity index (χ0v) is 17.8. The van der Waals surface area contributed by atoms with Gasteiger partial charge in [0.2, 0.25) is 11.7 Å². The molecule has 0 aromatic heterocycles. The number of benzene rings is 2. The number of anilines is 1. The van der Waals surface area contributed by atoms with E-state index in [1.165, 1.54) is 13.2 Å². The number of ether oxygens (including phenoxy) is 3. The second-order valence-electron chi connectivity index (χ2n) is 6.68. The molecule has 0 atom stereocenters. The highest BCUT2D eigenvalue weighted by Crippen LogP contribution is 2.40. The van der Waals surface area contributed by atoms with Crippen LogP contribution in [0, 0.1) is 23.7 Å². The molecule has 0 unspecified atom stereocenters. The molecule has 0 spiro atoms. The summed E-state index contributed by atoms with van der Waals surface area (Å²) in [6.45, 7) is 1.19. The number of methoxy groups -OCH3 is 1. The minimum absolute atomic E-state index is 0.0901. The van der Waals surface area contributed by atoms with Crippen molar-refractivity contribution in [2.75, 3.05) is 46.3 Å². The van der Waals surface area contributed by atoms with Gasteiger partial charge in [0, 0.05) is 23.9 Å². The minimum atomic E-state index is -0.346. The number of carbonyl (C=O) groups is 1. The van der Waals surface area contributed by atoms with E-state index in [1.807, 2.05) is 25.1 Å². The van der Waals surface area contributed by atoms with Crippen LogP contribution in [0.3, 0.4) is 0 Å². The quantitative estimate of drug-likeness (QED) is 0.470. The average Bonchev–Trinajstić information content (AvgIpc) is 2.76.